The summed E-state index contributed by atoms with van der Waals surface area (Å²) in [7, 11) is 0. The van der Waals surface area contributed by atoms with E-state index in [-0.39, 0.29) is 5.91 Å². The van der Waals surface area contributed by atoms with E-state index in [2.05, 4.69) is 17.6 Å². The van der Waals surface area contributed by atoms with Crippen LogP contribution >= 0.6 is 35.0 Å². The van der Waals surface area contributed by atoms with E-state index in [1.54, 1.807) is 28.6 Å². The Morgan fingerprint density at radius 2 is 1.88 bits per heavy atom. The first-order valence-corrected chi connectivity index (χ1v) is 14.8. The summed E-state index contributed by atoms with van der Waals surface area (Å²) in [4.78, 5) is 18.4. The van der Waals surface area contributed by atoms with Gasteiger partial charge in [-0.05, 0) is 55.3 Å². The first-order valence-electron chi connectivity index (χ1n) is 13.0. The molecule has 206 valence electrons. The number of aromatic nitrogens is 3. The Kier molecular flexibility index (Phi) is 8.99. The lowest BCUT2D eigenvalue weighted by Crippen LogP contribution is -2.31. The van der Waals surface area contributed by atoms with Crippen LogP contribution in [-0.2, 0) is 11.4 Å². The van der Waals surface area contributed by atoms with Gasteiger partial charge in [0.25, 0.3) is 5.91 Å². The molecule has 0 saturated heterocycles. The lowest BCUT2D eigenvalue weighted by atomic mass is 9.95. The molecule has 3 aromatic carbocycles. The number of para-hydroxylation sites is 1. The number of nitrogens with zero attached hydrogens (tertiary/aromatic N) is 3. The molecule has 1 aliphatic heterocycles. The molecule has 0 fully saturated rings. The van der Waals surface area contributed by atoms with Crippen LogP contribution in [0, 0.1) is 0 Å². The monoisotopic (exact) mass is 593 g/mol. The van der Waals surface area contributed by atoms with Crippen molar-refractivity contribution in [3.8, 4) is 5.75 Å². The highest BCUT2D eigenvalue weighted by atomic mass is 35.5. The number of anilines is 2. The van der Waals surface area contributed by atoms with Gasteiger partial charge in [0.15, 0.2) is 0 Å². The average Bonchev–Trinajstić information content (AvgIpc) is 3.35. The fraction of sp³-hybridized carbons (Fsp3) is 0.233. The lowest BCUT2D eigenvalue weighted by molar-refractivity contribution is -0.113. The molecule has 0 saturated carbocycles. The summed E-state index contributed by atoms with van der Waals surface area (Å²) < 4.78 is 7.78. The molecule has 1 aliphatic rings. The molecule has 4 aromatic rings. The van der Waals surface area contributed by atoms with Crippen molar-refractivity contribution in [2.75, 3.05) is 16.4 Å². The van der Waals surface area contributed by atoms with Crippen LogP contribution in [0.3, 0.4) is 0 Å². The van der Waals surface area contributed by atoms with Crippen LogP contribution in [0.15, 0.2) is 89.2 Å². The Balaban J connectivity index is 1.43. The van der Waals surface area contributed by atoms with E-state index in [9.17, 15) is 4.79 Å². The minimum atomic E-state index is -0.479. The fourth-order valence-corrected chi connectivity index (χ4v) is 5.74. The van der Waals surface area contributed by atoms with Crippen molar-refractivity contribution in [1.29, 1.82) is 0 Å². The molecule has 0 aliphatic carbocycles. The Bertz CT molecular complexity index is 1520. The smallest absolute Gasteiger partial charge is 0.255 e. The van der Waals surface area contributed by atoms with Gasteiger partial charge in [-0.1, -0.05) is 84.7 Å². The van der Waals surface area contributed by atoms with E-state index >= 15 is 0 Å². The molecular weight excluding hydrogens is 565 g/mol. The topological polar surface area (TPSA) is 81.1 Å². The van der Waals surface area contributed by atoms with Gasteiger partial charge in [-0.25, -0.2) is 4.68 Å². The van der Waals surface area contributed by atoms with Gasteiger partial charge in [-0.3, -0.25) is 4.79 Å². The third-order valence-electron chi connectivity index (χ3n) is 6.44. The van der Waals surface area contributed by atoms with E-state index in [1.807, 2.05) is 67.6 Å². The number of carbonyl (C=O) groups is 1. The van der Waals surface area contributed by atoms with Crippen LogP contribution in [0.25, 0.3) is 0 Å². The number of unbranched alkanes of at least 4 members (excludes halogenated alkanes) is 1. The van der Waals surface area contributed by atoms with Gasteiger partial charge in [0, 0.05) is 32.7 Å². The summed E-state index contributed by atoms with van der Waals surface area (Å²) in [5.41, 5.74) is 3.73. The Labute approximate surface area is 247 Å². The minimum absolute atomic E-state index is 0.208. The Morgan fingerprint density at radius 1 is 1.10 bits per heavy atom. The minimum Gasteiger partial charge on any atom is -0.489 e. The fourth-order valence-electron chi connectivity index (χ4n) is 4.37. The molecule has 0 bridgehead atoms. The number of amides is 1. The summed E-state index contributed by atoms with van der Waals surface area (Å²) in [6, 6.07) is 21.9. The second-order valence-corrected chi connectivity index (χ2v) is 11.3. The summed E-state index contributed by atoms with van der Waals surface area (Å²) in [6.45, 7) is 4.35. The van der Waals surface area contributed by atoms with Crippen molar-refractivity contribution < 1.29 is 9.53 Å². The second-order valence-electron chi connectivity index (χ2n) is 9.34. The van der Waals surface area contributed by atoms with Crippen molar-refractivity contribution in [2.45, 2.75) is 44.5 Å². The number of carbonyl (C=O) groups excluding carboxylic acids is 1. The molecule has 40 heavy (non-hydrogen) atoms. The summed E-state index contributed by atoms with van der Waals surface area (Å²) >= 11 is 13.9. The number of allylic oxidation sites excluding steroid dienone is 1. The molecule has 0 radical (unpaired) electrons. The molecule has 10 heteroatoms. The Morgan fingerprint density at radius 3 is 2.60 bits per heavy atom. The predicted molar refractivity (Wildman–Crippen MR) is 162 cm³/mol. The molecule has 1 amide bonds. The zero-order valence-corrected chi connectivity index (χ0v) is 24.5. The van der Waals surface area contributed by atoms with Gasteiger partial charge >= 0.3 is 0 Å². The van der Waals surface area contributed by atoms with E-state index in [4.69, 9.17) is 38.0 Å². The first kappa shape index (κ1) is 28.1. The quantitative estimate of drug-likeness (QED) is 0.143. The van der Waals surface area contributed by atoms with Gasteiger partial charge < -0.3 is 15.4 Å². The van der Waals surface area contributed by atoms with Crippen molar-refractivity contribution in [3.05, 3.63) is 105 Å². The van der Waals surface area contributed by atoms with Crippen LogP contribution < -0.4 is 15.4 Å². The average molecular weight is 595 g/mol. The second kappa shape index (κ2) is 12.8. The van der Waals surface area contributed by atoms with Gasteiger partial charge in [-0.15, -0.1) is 5.10 Å². The molecule has 1 unspecified atom stereocenters. The Hall–Kier alpha value is -3.46. The van der Waals surface area contributed by atoms with Crippen LogP contribution in [0.5, 0.6) is 5.75 Å². The zero-order valence-electron chi connectivity index (χ0n) is 22.2. The highest BCUT2D eigenvalue weighted by Crippen LogP contribution is 2.37. The SMILES string of the molecule is CCCCSc1nc2n(n1)C(c1ccc(OCc3ccc(Cl)cc3Cl)cc1)C(C(=O)Nc1ccccc1)=C(C)N2. The molecule has 2 N–H and O–H groups in total. The molecule has 0 spiro atoms. The number of ether oxygens (including phenoxy) is 1. The standard InChI is InChI=1S/C30H29Cl2N5O2S/c1-3-4-16-40-30-35-29-33-19(2)26(28(38)34-23-8-6-5-7-9-23)27(37(29)36-30)20-11-14-24(15-12-20)39-18-21-10-13-22(31)17-25(21)32/h5-15,17,27H,3-4,16,18H2,1-2H3,(H,34,38)(H,33,35,36). The normalized spacial score (nSPS) is 14.4. The third-order valence-corrected chi connectivity index (χ3v) is 7.95. The number of fused-ring (bicyclic) bond motifs is 1. The summed E-state index contributed by atoms with van der Waals surface area (Å²) in [5.74, 6) is 2.01. The number of thioether (sulfide) groups is 1. The van der Waals surface area contributed by atoms with E-state index in [1.165, 1.54) is 0 Å². The van der Waals surface area contributed by atoms with E-state index in [0.717, 1.165) is 41.1 Å². The number of nitrogens with one attached hydrogen (secondary N) is 2. The van der Waals surface area contributed by atoms with Crippen LogP contribution in [-0.4, -0.2) is 26.4 Å². The van der Waals surface area contributed by atoms with Crippen molar-refractivity contribution >= 4 is 52.5 Å². The number of hydrogen-bond acceptors (Lipinski definition) is 6. The van der Waals surface area contributed by atoms with Crippen LogP contribution in [0.4, 0.5) is 11.6 Å². The maximum Gasteiger partial charge on any atom is 0.255 e. The molecule has 2 heterocycles. The van der Waals surface area contributed by atoms with E-state index in [0.29, 0.717) is 39.1 Å². The highest BCUT2D eigenvalue weighted by molar-refractivity contribution is 7.99. The number of benzene rings is 3. The molecule has 1 atom stereocenters. The summed E-state index contributed by atoms with van der Waals surface area (Å²) in [6.07, 6.45) is 2.18. The first-order chi connectivity index (χ1) is 19.4. The van der Waals surface area contributed by atoms with Crippen molar-refractivity contribution in [1.82, 2.24) is 14.8 Å². The molecular formula is C30H29Cl2N5O2S. The predicted octanol–water partition coefficient (Wildman–Crippen LogP) is 7.98. The summed E-state index contributed by atoms with van der Waals surface area (Å²) in [5, 5.41) is 12.9. The van der Waals surface area contributed by atoms with Gasteiger partial charge in [0.2, 0.25) is 11.1 Å². The van der Waals surface area contributed by atoms with Gasteiger partial charge in [-0.2, -0.15) is 4.98 Å². The molecule has 5 rings (SSSR count). The number of halogens is 2. The third kappa shape index (κ3) is 6.46. The molecule has 7 nitrogen and oxygen atoms in total. The van der Waals surface area contributed by atoms with Crippen molar-refractivity contribution in [2.24, 2.45) is 0 Å². The van der Waals surface area contributed by atoms with Gasteiger partial charge in [0.1, 0.15) is 18.4 Å². The molecule has 1 aromatic heterocycles. The largest absolute Gasteiger partial charge is 0.489 e. The van der Waals surface area contributed by atoms with Gasteiger partial charge in [0.05, 0.1) is 5.57 Å². The highest BCUT2D eigenvalue weighted by Gasteiger charge is 2.34. The van der Waals surface area contributed by atoms with Crippen LogP contribution in [0.2, 0.25) is 10.0 Å². The number of hydrogen-bond donors (Lipinski definition) is 2. The van der Waals surface area contributed by atoms with Crippen LogP contribution in [0.1, 0.15) is 43.9 Å². The van der Waals surface area contributed by atoms with E-state index < -0.39 is 6.04 Å². The number of rotatable bonds is 10. The van der Waals surface area contributed by atoms with Crippen molar-refractivity contribution in [3.63, 3.8) is 0 Å². The lowest BCUT2D eigenvalue weighted by Gasteiger charge is -2.28. The maximum absolute atomic E-state index is 13.6. The maximum atomic E-state index is 13.6. The zero-order chi connectivity index (χ0) is 28.1.